The van der Waals surface area contributed by atoms with E-state index in [1.165, 1.54) is 11.3 Å². The van der Waals surface area contributed by atoms with Crippen LogP contribution in [-0.4, -0.2) is 47.7 Å². The van der Waals surface area contributed by atoms with Gasteiger partial charge in [0.1, 0.15) is 11.1 Å². The number of amides is 1. The molecular formula is C14H17N3O2S. The molecule has 2 unspecified atom stereocenters. The fraction of sp³-hybridized carbons (Fsp3) is 0.571. The number of nitrogens with zero attached hydrogens (tertiary/aromatic N) is 3. The van der Waals surface area contributed by atoms with Crippen LogP contribution < -0.4 is 4.90 Å². The van der Waals surface area contributed by atoms with Gasteiger partial charge in [-0.05, 0) is 37.3 Å². The van der Waals surface area contributed by atoms with E-state index in [2.05, 4.69) is 11.0 Å². The van der Waals surface area contributed by atoms with Crippen LogP contribution in [0.15, 0.2) is 11.4 Å². The summed E-state index contributed by atoms with van der Waals surface area (Å²) in [6.07, 6.45) is 2.22. The smallest absolute Gasteiger partial charge is 0.245 e. The van der Waals surface area contributed by atoms with E-state index in [0.717, 1.165) is 30.8 Å². The van der Waals surface area contributed by atoms with Crippen molar-refractivity contribution in [2.45, 2.75) is 31.4 Å². The van der Waals surface area contributed by atoms with E-state index < -0.39 is 0 Å². The van der Waals surface area contributed by atoms with Crippen molar-refractivity contribution in [3.05, 3.63) is 17.0 Å². The maximum atomic E-state index is 12.6. The summed E-state index contributed by atoms with van der Waals surface area (Å²) < 4.78 is 0. The Balaban J connectivity index is 1.76. The Hall–Kier alpha value is -1.42. The Kier molecular flexibility index (Phi) is 3.74. The number of aliphatic hydroxyl groups excluding tert-OH is 1. The first-order valence-corrected chi connectivity index (χ1v) is 7.79. The highest BCUT2D eigenvalue weighted by Gasteiger charge is 2.39. The fourth-order valence-electron chi connectivity index (χ4n) is 3.07. The molecule has 2 aliphatic heterocycles. The van der Waals surface area contributed by atoms with Crippen molar-refractivity contribution < 1.29 is 9.90 Å². The zero-order valence-corrected chi connectivity index (χ0v) is 12.0. The molecule has 20 heavy (non-hydrogen) atoms. The summed E-state index contributed by atoms with van der Waals surface area (Å²) in [5.41, 5.74) is 0.572. The number of carbonyl (C=O) groups is 1. The second-order valence-corrected chi connectivity index (χ2v) is 6.23. The molecule has 2 aliphatic rings. The molecule has 3 rings (SSSR count). The third kappa shape index (κ3) is 2.33. The lowest BCUT2D eigenvalue weighted by molar-refractivity contribution is -0.122. The van der Waals surface area contributed by atoms with Gasteiger partial charge in [-0.1, -0.05) is 0 Å². The molecule has 0 bridgehead atoms. The largest absolute Gasteiger partial charge is 0.392 e. The third-order valence-electron chi connectivity index (χ3n) is 4.06. The number of hydrogen-bond acceptors (Lipinski definition) is 5. The number of piperidine rings is 1. The van der Waals surface area contributed by atoms with E-state index in [-0.39, 0.29) is 18.1 Å². The van der Waals surface area contributed by atoms with E-state index in [4.69, 9.17) is 5.26 Å². The minimum atomic E-state index is -0.318. The second kappa shape index (κ2) is 5.52. The van der Waals surface area contributed by atoms with Crippen molar-refractivity contribution in [3.8, 4) is 6.07 Å². The molecule has 1 amide bonds. The van der Waals surface area contributed by atoms with E-state index in [1.54, 1.807) is 11.0 Å². The quantitative estimate of drug-likeness (QED) is 0.888. The first-order valence-electron chi connectivity index (χ1n) is 6.92. The lowest BCUT2D eigenvalue weighted by atomic mass is 10.1. The maximum absolute atomic E-state index is 12.6. The molecule has 3 heterocycles. The highest BCUT2D eigenvalue weighted by atomic mass is 32.1. The summed E-state index contributed by atoms with van der Waals surface area (Å²) in [7, 11) is 0. The van der Waals surface area contributed by atoms with Gasteiger partial charge < -0.3 is 10.0 Å². The molecule has 1 aromatic rings. The summed E-state index contributed by atoms with van der Waals surface area (Å²) in [5.74, 6) is 0.0676. The highest BCUT2D eigenvalue weighted by molar-refractivity contribution is 7.14. The van der Waals surface area contributed by atoms with Gasteiger partial charge in [0.15, 0.2) is 0 Å². The van der Waals surface area contributed by atoms with Gasteiger partial charge in [-0.15, -0.1) is 11.3 Å². The van der Waals surface area contributed by atoms with Gasteiger partial charge in [-0.2, -0.15) is 5.26 Å². The predicted octanol–water partition coefficient (Wildman–Crippen LogP) is 1.18. The molecule has 0 radical (unpaired) electrons. The number of anilines is 1. The summed E-state index contributed by atoms with van der Waals surface area (Å²) in [6.45, 7) is 2.11. The molecule has 0 aromatic carbocycles. The number of likely N-dealkylation sites (tertiary alicyclic amines) is 1. The molecule has 1 aromatic heterocycles. The summed E-state index contributed by atoms with van der Waals surface area (Å²) in [4.78, 5) is 16.4. The van der Waals surface area contributed by atoms with Crippen LogP contribution in [-0.2, 0) is 4.79 Å². The molecule has 2 atom stereocenters. The van der Waals surface area contributed by atoms with Crippen molar-refractivity contribution in [2.24, 2.45) is 0 Å². The van der Waals surface area contributed by atoms with Crippen LogP contribution in [0.5, 0.6) is 0 Å². The van der Waals surface area contributed by atoms with Crippen LogP contribution in [0.25, 0.3) is 0 Å². The molecule has 6 heteroatoms. The highest BCUT2D eigenvalue weighted by Crippen LogP contribution is 2.32. The van der Waals surface area contributed by atoms with Crippen molar-refractivity contribution in [2.75, 3.05) is 24.5 Å². The van der Waals surface area contributed by atoms with Gasteiger partial charge in [-0.25, -0.2) is 0 Å². The van der Waals surface area contributed by atoms with Crippen LogP contribution in [0.1, 0.15) is 24.8 Å². The van der Waals surface area contributed by atoms with Crippen LogP contribution in [0, 0.1) is 11.3 Å². The number of aliphatic hydroxyl groups is 1. The molecule has 106 valence electrons. The van der Waals surface area contributed by atoms with Crippen molar-refractivity contribution in [3.63, 3.8) is 0 Å². The molecular weight excluding hydrogens is 274 g/mol. The minimum absolute atomic E-state index is 0.0676. The SMILES string of the molecule is N#Cc1ccsc1N1CCC(N2CCCC(O)C2)C1=O. The van der Waals surface area contributed by atoms with Gasteiger partial charge in [0.25, 0.3) is 0 Å². The molecule has 2 saturated heterocycles. The van der Waals surface area contributed by atoms with E-state index in [0.29, 0.717) is 18.7 Å². The van der Waals surface area contributed by atoms with Crippen molar-refractivity contribution >= 4 is 22.2 Å². The zero-order valence-electron chi connectivity index (χ0n) is 11.2. The molecule has 0 aliphatic carbocycles. The molecule has 2 fully saturated rings. The monoisotopic (exact) mass is 291 g/mol. The fourth-order valence-corrected chi connectivity index (χ4v) is 3.95. The van der Waals surface area contributed by atoms with Crippen molar-refractivity contribution in [1.29, 1.82) is 5.26 Å². The van der Waals surface area contributed by atoms with Crippen molar-refractivity contribution in [1.82, 2.24) is 4.90 Å². The third-order valence-corrected chi connectivity index (χ3v) is 4.99. The number of rotatable bonds is 2. The topological polar surface area (TPSA) is 67.6 Å². The Bertz CT molecular complexity index is 551. The summed E-state index contributed by atoms with van der Waals surface area (Å²) in [6, 6.07) is 3.75. The summed E-state index contributed by atoms with van der Waals surface area (Å²) >= 11 is 1.44. The average molecular weight is 291 g/mol. The van der Waals surface area contributed by atoms with Gasteiger partial charge in [0.2, 0.25) is 5.91 Å². The van der Waals surface area contributed by atoms with Crippen LogP contribution in [0.3, 0.4) is 0 Å². The first kappa shape index (κ1) is 13.6. The first-order chi connectivity index (χ1) is 9.70. The molecule has 0 spiro atoms. The predicted molar refractivity (Wildman–Crippen MR) is 76.6 cm³/mol. The molecule has 0 saturated carbocycles. The standard InChI is InChI=1S/C14H17N3O2S/c15-8-10-4-7-20-14(10)17-6-3-12(13(17)19)16-5-1-2-11(18)9-16/h4,7,11-12,18H,1-3,5-6,9H2. The lowest BCUT2D eigenvalue weighted by Gasteiger charge is -2.33. The Morgan fingerprint density at radius 2 is 2.25 bits per heavy atom. The second-order valence-electron chi connectivity index (χ2n) is 5.34. The normalized spacial score (nSPS) is 27.8. The van der Waals surface area contributed by atoms with E-state index in [1.807, 2.05) is 5.38 Å². The zero-order chi connectivity index (χ0) is 14.1. The van der Waals surface area contributed by atoms with Crippen LogP contribution in [0.4, 0.5) is 5.00 Å². The maximum Gasteiger partial charge on any atom is 0.245 e. The van der Waals surface area contributed by atoms with Crippen LogP contribution >= 0.6 is 11.3 Å². The Morgan fingerprint density at radius 1 is 1.40 bits per heavy atom. The van der Waals surface area contributed by atoms with Gasteiger partial charge in [-0.3, -0.25) is 9.69 Å². The number of β-amino-alcohol motifs (C(OH)–C–C–N with tert-alkyl or cyclic N) is 1. The minimum Gasteiger partial charge on any atom is -0.392 e. The van der Waals surface area contributed by atoms with Gasteiger partial charge in [0, 0.05) is 13.1 Å². The van der Waals surface area contributed by atoms with Gasteiger partial charge in [0.05, 0.1) is 17.7 Å². The van der Waals surface area contributed by atoms with Gasteiger partial charge >= 0.3 is 0 Å². The Labute approximate surface area is 122 Å². The average Bonchev–Trinajstić information content (AvgIpc) is 3.04. The molecule has 1 N–H and O–H groups in total. The van der Waals surface area contributed by atoms with Crippen LogP contribution in [0.2, 0.25) is 0 Å². The number of thiophene rings is 1. The Morgan fingerprint density at radius 3 is 3.00 bits per heavy atom. The van der Waals surface area contributed by atoms with E-state index in [9.17, 15) is 9.90 Å². The number of hydrogen-bond donors (Lipinski definition) is 1. The number of nitriles is 1. The lowest BCUT2D eigenvalue weighted by Crippen LogP contribution is -2.48. The van der Waals surface area contributed by atoms with E-state index >= 15 is 0 Å². The molecule has 5 nitrogen and oxygen atoms in total. The summed E-state index contributed by atoms with van der Waals surface area (Å²) in [5, 5.41) is 21.4. The number of carbonyl (C=O) groups excluding carboxylic acids is 1.